The van der Waals surface area contributed by atoms with Crippen LogP contribution in [0.3, 0.4) is 0 Å². The van der Waals surface area contributed by atoms with Crippen molar-refractivity contribution in [2.75, 3.05) is 32.6 Å². The Labute approximate surface area is 244 Å². The van der Waals surface area contributed by atoms with Crippen LogP contribution < -0.4 is 10.1 Å². The number of esters is 1. The lowest BCUT2D eigenvalue weighted by Gasteiger charge is -2.36. The van der Waals surface area contributed by atoms with E-state index in [2.05, 4.69) is 10.2 Å². The number of hydrogen-bond donors (Lipinski definition) is 3. The van der Waals surface area contributed by atoms with E-state index < -0.39 is 17.7 Å². The van der Waals surface area contributed by atoms with Gasteiger partial charge in [0.2, 0.25) is 0 Å². The molecule has 2 aromatic rings. The van der Waals surface area contributed by atoms with E-state index in [1.807, 2.05) is 24.6 Å². The molecule has 0 spiro atoms. The summed E-state index contributed by atoms with van der Waals surface area (Å²) in [5.41, 5.74) is -0.711. The number of carbonyl (C=O) groups excluding carboxylic acids is 2. The second kappa shape index (κ2) is 14.0. The van der Waals surface area contributed by atoms with Gasteiger partial charge in [0.25, 0.3) is 0 Å². The summed E-state index contributed by atoms with van der Waals surface area (Å²) >= 11 is 7.61. The number of benzene rings is 1. The number of rotatable bonds is 11. The Hall–Kier alpha value is -2.37. The topological polar surface area (TPSA) is 118 Å². The highest BCUT2D eigenvalue weighted by molar-refractivity contribution is 7.10. The van der Waals surface area contributed by atoms with Gasteiger partial charge in [-0.1, -0.05) is 30.5 Å². The van der Waals surface area contributed by atoms with Gasteiger partial charge in [0, 0.05) is 35.0 Å². The summed E-state index contributed by atoms with van der Waals surface area (Å²) in [6, 6.07) is 7.05. The first kappa shape index (κ1) is 30.6. The average Bonchev–Trinajstić information content (AvgIpc) is 3.69. The minimum Gasteiger partial charge on any atom is -0.496 e. The molecule has 1 amide bonds. The summed E-state index contributed by atoms with van der Waals surface area (Å²) in [7, 11) is 3.46. The number of amides is 1. The number of thiophene rings is 1. The minimum atomic E-state index is -1.56. The number of nitrogens with zero attached hydrogens (tertiary/aromatic N) is 1. The van der Waals surface area contributed by atoms with Crippen LogP contribution in [0.5, 0.6) is 5.75 Å². The van der Waals surface area contributed by atoms with Crippen molar-refractivity contribution in [2.45, 2.75) is 75.7 Å². The van der Waals surface area contributed by atoms with Crippen molar-refractivity contribution in [3.05, 3.63) is 45.1 Å². The number of methoxy groups -OCH3 is 1. The molecule has 4 rings (SSSR count). The number of halogens is 1. The second-order valence-electron chi connectivity index (χ2n) is 10.6. The largest absolute Gasteiger partial charge is 0.496 e. The molecule has 40 heavy (non-hydrogen) atoms. The lowest BCUT2D eigenvalue weighted by atomic mass is 9.84. The Balaban J connectivity index is 1.21. The van der Waals surface area contributed by atoms with Gasteiger partial charge in [0.1, 0.15) is 18.5 Å². The van der Waals surface area contributed by atoms with Gasteiger partial charge < -0.3 is 29.3 Å². The molecule has 2 fully saturated rings. The minimum absolute atomic E-state index is 0.101. The molecule has 9 nitrogen and oxygen atoms in total. The zero-order valence-electron chi connectivity index (χ0n) is 23.1. The van der Waals surface area contributed by atoms with Crippen LogP contribution in [0, 0.1) is 5.92 Å². The summed E-state index contributed by atoms with van der Waals surface area (Å²) in [4.78, 5) is 28.4. The maximum absolute atomic E-state index is 13.3. The lowest BCUT2D eigenvalue weighted by molar-refractivity contribution is -0.180. The Kier molecular flexibility index (Phi) is 10.7. The monoisotopic (exact) mass is 594 g/mol. The molecule has 11 heteroatoms. The van der Waals surface area contributed by atoms with Crippen LogP contribution in [0.1, 0.15) is 61.8 Å². The van der Waals surface area contributed by atoms with Crippen LogP contribution >= 0.6 is 22.9 Å². The van der Waals surface area contributed by atoms with Crippen LogP contribution in [0.25, 0.3) is 0 Å². The van der Waals surface area contributed by atoms with Gasteiger partial charge in [-0.3, -0.25) is 5.32 Å². The van der Waals surface area contributed by atoms with E-state index in [1.165, 1.54) is 24.5 Å². The van der Waals surface area contributed by atoms with Crippen LogP contribution in [0.2, 0.25) is 5.02 Å². The fraction of sp³-hybridized carbons (Fsp3) is 0.586. The fourth-order valence-corrected chi connectivity index (χ4v) is 6.89. The quantitative estimate of drug-likeness (QED) is 0.299. The average molecular weight is 595 g/mol. The highest BCUT2D eigenvalue weighted by atomic mass is 35.5. The number of carbonyl (C=O) groups is 2. The first-order valence-corrected chi connectivity index (χ1v) is 15.1. The molecule has 0 aliphatic heterocycles. The smallest absolute Gasteiger partial charge is 0.411 e. The number of aliphatic hydroxyl groups excluding tert-OH is 1. The van der Waals surface area contributed by atoms with E-state index in [0.717, 1.165) is 51.4 Å². The van der Waals surface area contributed by atoms with Crippen LogP contribution in [-0.2, 0) is 26.5 Å². The van der Waals surface area contributed by atoms with Gasteiger partial charge in [-0.15, -0.1) is 11.3 Å². The number of likely N-dealkylation sites (N-methyl/N-ethyl adjacent to an activating group) is 1. The molecule has 2 aliphatic carbocycles. The van der Waals surface area contributed by atoms with Crippen molar-refractivity contribution in [3.8, 4) is 5.75 Å². The lowest BCUT2D eigenvalue weighted by Crippen LogP contribution is -2.45. The molecule has 0 radical (unpaired) electrons. The summed E-state index contributed by atoms with van der Waals surface area (Å²) in [5, 5.41) is 25.7. The molecule has 220 valence electrons. The van der Waals surface area contributed by atoms with E-state index in [9.17, 15) is 19.8 Å². The van der Waals surface area contributed by atoms with E-state index >= 15 is 0 Å². The van der Waals surface area contributed by atoms with Crippen LogP contribution in [0.15, 0.2) is 29.6 Å². The number of anilines is 1. The predicted molar refractivity (Wildman–Crippen MR) is 154 cm³/mol. The van der Waals surface area contributed by atoms with Crippen molar-refractivity contribution in [3.63, 3.8) is 0 Å². The Morgan fingerprint density at radius 3 is 2.52 bits per heavy atom. The molecule has 0 saturated heterocycles. The van der Waals surface area contributed by atoms with Gasteiger partial charge >= 0.3 is 12.1 Å². The Bertz CT molecular complexity index is 1130. The maximum Gasteiger partial charge on any atom is 0.411 e. The Morgan fingerprint density at radius 1 is 1.18 bits per heavy atom. The van der Waals surface area contributed by atoms with E-state index in [4.69, 9.17) is 25.8 Å². The number of hydrogen-bond acceptors (Lipinski definition) is 9. The fourth-order valence-electron chi connectivity index (χ4n) is 5.77. The van der Waals surface area contributed by atoms with E-state index in [0.29, 0.717) is 28.4 Å². The molecule has 2 saturated carbocycles. The summed E-state index contributed by atoms with van der Waals surface area (Å²) < 4.78 is 16.5. The standard InChI is InChI=1S/C29H39ClN2O7S/c1-32(13-14-38-28(35)31-24-17-25(37-2)19(18-33)16-23(24)30)21-9-11-22(12-10-21)39-27(34)29(36,20-6-3-4-7-20)26-8-5-15-40-26/h5,8,15-17,20-22,33,36H,3-4,6-7,9-14,18H2,1-2H3,(H,31,35)/t21?,22?,29-/m1/s1. The van der Waals surface area contributed by atoms with Gasteiger partial charge in [-0.2, -0.15) is 0 Å². The van der Waals surface area contributed by atoms with Gasteiger partial charge in [-0.25, -0.2) is 9.59 Å². The third kappa shape index (κ3) is 7.09. The number of ether oxygens (including phenoxy) is 3. The molecule has 1 heterocycles. The third-order valence-electron chi connectivity index (χ3n) is 8.15. The zero-order valence-corrected chi connectivity index (χ0v) is 24.6. The van der Waals surface area contributed by atoms with Gasteiger partial charge in [0.05, 0.1) is 24.4 Å². The molecule has 1 aromatic carbocycles. The van der Waals surface area contributed by atoms with Gasteiger partial charge in [0.15, 0.2) is 5.60 Å². The van der Waals surface area contributed by atoms with E-state index in [-0.39, 0.29) is 36.3 Å². The predicted octanol–water partition coefficient (Wildman–Crippen LogP) is 5.32. The van der Waals surface area contributed by atoms with Crippen molar-refractivity contribution in [1.29, 1.82) is 0 Å². The van der Waals surface area contributed by atoms with Crippen molar-refractivity contribution in [2.24, 2.45) is 5.92 Å². The number of aliphatic hydroxyl groups is 2. The second-order valence-corrected chi connectivity index (χ2v) is 12.0. The highest BCUT2D eigenvalue weighted by Crippen LogP contribution is 2.43. The molecule has 0 unspecified atom stereocenters. The van der Waals surface area contributed by atoms with E-state index in [1.54, 1.807) is 6.07 Å². The SMILES string of the molecule is COc1cc(NC(=O)OCCN(C)C2CCC(OC(=O)[C@](O)(c3cccs3)C3CCCC3)CC2)c(Cl)cc1CO. The first-order chi connectivity index (χ1) is 19.3. The Morgan fingerprint density at radius 2 is 1.90 bits per heavy atom. The molecule has 3 N–H and O–H groups in total. The molecule has 2 aliphatic rings. The van der Waals surface area contributed by atoms with Crippen LogP contribution in [0.4, 0.5) is 10.5 Å². The highest BCUT2D eigenvalue weighted by Gasteiger charge is 2.49. The normalized spacial score (nSPS) is 21.1. The number of nitrogens with one attached hydrogen (secondary N) is 1. The van der Waals surface area contributed by atoms with Crippen molar-refractivity contribution in [1.82, 2.24) is 4.90 Å². The zero-order chi connectivity index (χ0) is 28.7. The molecule has 1 aromatic heterocycles. The molecule has 1 atom stereocenters. The van der Waals surface area contributed by atoms with Crippen LogP contribution in [-0.4, -0.2) is 66.6 Å². The third-order valence-corrected chi connectivity index (χ3v) is 9.46. The summed E-state index contributed by atoms with van der Waals surface area (Å²) in [6.07, 6.45) is 5.98. The van der Waals surface area contributed by atoms with Gasteiger partial charge in [-0.05, 0) is 63.1 Å². The maximum atomic E-state index is 13.3. The molecular weight excluding hydrogens is 556 g/mol. The van der Waals surface area contributed by atoms with Crippen molar-refractivity contribution >= 4 is 40.7 Å². The van der Waals surface area contributed by atoms with Crippen molar-refractivity contribution < 1.29 is 34.0 Å². The molecule has 0 bridgehead atoms. The summed E-state index contributed by atoms with van der Waals surface area (Å²) in [6.45, 7) is 0.501. The summed E-state index contributed by atoms with van der Waals surface area (Å²) in [5.74, 6) is -0.198. The first-order valence-electron chi connectivity index (χ1n) is 13.8. The molecular formula is C29H39ClN2O7S.